The molecule has 1 N–H and O–H groups in total. The molecule has 0 amide bonds. The van der Waals surface area contributed by atoms with E-state index in [4.69, 9.17) is 0 Å². The number of aryl methyl sites for hydroxylation is 1. The minimum absolute atomic E-state index is 0.156. The summed E-state index contributed by atoms with van der Waals surface area (Å²) in [5.41, 5.74) is 1.13. The number of hydrogen-bond acceptors (Lipinski definition) is 2. The third-order valence-corrected chi connectivity index (χ3v) is 3.72. The van der Waals surface area contributed by atoms with E-state index in [9.17, 15) is 5.11 Å². The zero-order valence-electron chi connectivity index (χ0n) is 10.8. The Hall–Kier alpha value is -0.830. The van der Waals surface area contributed by atoms with Crippen molar-refractivity contribution in [3.05, 3.63) is 18.0 Å². The van der Waals surface area contributed by atoms with Crippen LogP contribution < -0.4 is 0 Å². The van der Waals surface area contributed by atoms with E-state index in [-0.39, 0.29) is 6.10 Å². The number of aliphatic hydroxyl groups excluding tert-OH is 1. The van der Waals surface area contributed by atoms with Crippen LogP contribution in [0.5, 0.6) is 0 Å². The van der Waals surface area contributed by atoms with Crippen molar-refractivity contribution in [3.8, 4) is 0 Å². The predicted molar refractivity (Wildman–Crippen MR) is 69.0 cm³/mol. The first-order chi connectivity index (χ1) is 8.29. The Morgan fingerprint density at radius 1 is 1.41 bits per heavy atom. The molecule has 3 nitrogen and oxygen atoms in total. The molecule has 0 bridgehead atoms. The van der Waals surface area contributed by atoms with Gasteiger partial charge in [-0.2, -0.15) is 5.10 Å². The van der Waals surface area contributed by atoms with Crippen LogP contribution in [-0.2, 0) is 6.42 Å². The third kappa shape index (κ3) is 3.56. The second-order valence-corrected chi connectivity index (χ2v) is 5.21. The normalized spacial score (nSPS) is 18.7. The molecule has 0 aliphatic heterocycles. The molecule has 0 radical (unpaired) electrons. The zero-order valence-corrected chi connectivity index (χ0v) is 10.8. The molecule has 1 aliphatic rings. The minimum atomic E-state index is -0.156. The maximum absolute atomic E-state index is 9.69. The largest absolute Gasteiger partial charge is 0.393 e. The van der Waals surface area contributed by atoms with Crippen LogP contribution in [0, 0.1) is 0 Å². The molecule has 1 heterocycles. The third-order valence-electron chi connectivity index (χ3n) is 3.72. The van der Waals surface area contributed by atoms with E-state index < -0.39 is 0 Å². The van der Waals surface area contributed by atoms with Crippen molar-refractivity contribution in [3.63, 3.8) is 0 Å². The van der Waals surface area contributed by atoms with Crippen LogP contribution in [0.15, 0.2) is 12.3 Å². The molecule has 3 heteroatoms. The summed E-state index contributed by atoms with van der Waals surface area (Å²) >= 11 is 0. The van der Waals surface area contributed by atoms with E-state index in [1.807, 2.05) is 0 Å². The average Bonchev–Trinajstić information content (AvgIpc) is 2.97. The minimum Gasteiger partial charge on any atom is -0.393 e. The summed E-state index contributed by atoms with van der Waals surface area (Å²) in [6.45, 7) is 2.11. The van der Waals surface area contributed by atoms with Crippen LogP contribution in [0.3, 0.4) is 0 Å². The summed E-state index contributed by atoms with van der Waals surface area (Å²) in [6.07, 6.45) is 10.9. The Morgan fingerprint density at radius 3 is 2.88 bits per heavy atom. The van der Waals surface area contributed by atoms with Gasteiger partial charge in [-0.1, -0.05) is 26.2 Å². The van der Waals surface area contributed by atoms with Crippen LogP contribution in [0.2, 0.25) is 0 Å². The molecule has 1 aromatic rings. The van der Waals surface area contributed by atoms with Crippen molar-refractivity contribution in [2.45, 2.75) is 70.4 Å². The van der Waals surface area contributed by atoms with Gasteiger partial charge in [0, 0.05) is 6.20 Å². The molecular formula is C14H24N2O. The Balaban J connectivity index is 1.81. The van der Waals surface area contributed by atoms with Gasteiger partial charge in [-0.3, -0.25) is 4.68 Å². The van der Waals surface area contributed by atoms with E-state index in [0.29, 0.717) is 6.04 Å². The zero-order chi connectivity index (χ0) is 12.1. The van der Waals surface area contributed by atoms with E-state index in [2.05, 4.69) is 29.0 Å². The summed E-state index contributed by atoms with van der Waals surface area (Å²) in [7, 11) is 0. The molecule has 1 unspecified atom stereocenters. The summed E-state index contributed by atoms with van der Waals surface area (Å²) < 4.78 is 2.13. The fraction of sp³-hybridized carbons (Fsp3) is 0.786. The van der Waals surface area contributed by atoms with Gasteiger partial charge in [-0.05, 0) is 38.2 Å². The van der Waals surface area contributed by atoms with E-state index in [0.717, 1.165) is 31.4 Å². The molecule has 1 fully saturated rings. The smallest absolute Gasteiger partial charge is 0.0625 e. The Labute approximate surface area is 104 Å². The Kier molecular flexibility index (Phi) is 4.60. The quantitative estimate of drug-likeness (QED) is 0.824. The van der Waals surface area contributed by atoms with Gasteiger partial charge in [-0.15, -0.1) is 0 Å². The summed E-state index contributed by atoms with van der Waals surface area (Å²) in [6, 6.07) is 2.74. The van der Waals surface area contributed by atoms with E-state index in [1.54, 1.807) is 0 Å². The molecule has 0 saturated heterocycles. The Morgan fingerprint density at radius 2 is 2.18 bits per heavy atom. The van der Waals surface area contributed by atoms with Gasteiger partial charge < -0.3 is 5.11 Å². The highest BCUT2D eigenvalue weighted by Gasteiger charge is 2.17. The van der Waals surface area contributed by atoms with Gasteiger partial charge in [0.15, 0.2) is 0 Å². The van der Waals surface area contributed by atoms with Crippen molar-refractivity contribution in [2.24, 2.45) is 0 Å². The summed E-state index contributed by atoms with van der Waals surface area (Å²) in [5, 5.41) is 14.3. The number of aliphatic hydroxyl groups is 1. The van der Waals surface area contributed by atoms with Gasteiger partial charge in [0.1, 0.15) is 0 Å². The molecule has 1 aromatic heterocycles. The standard InChI is InChI=1S/C14H24N2O/c1-2-5-14(17)9-8-12-10-11-16(15-12)13-6-3-4-7-13/h10-11,13-14,17H,2-9H2,1H3. The van der Waals surface area contributed by atoms with E-state index >= 15 is 0 Å². The number of aromatic nitrogens is 2. The molecule has 17 heavy (non-hydrogen) atoms. The Bertz CT molecular complexity index is 329. The van der Waals surface area contributed by atoms with Gasteiger partial charge in [-0.25, -0.2) is 0 Å². The topological polar surface area (TPSA) is 38.0 Å². The lowest BCUT2D eigenvalue weighted by Crippen LogP contribution is -2.09. The summed E-state index contributed by atoms with van der Waals surface area (Å²) in [5.74, 6) is 0. The van der Waals surface area contributed by atoms with Gasteiger partial charge >= 0.3 is 0 Å². The lowest BCUT2D eigenvalue weighted by atomic mass is 10.1. The van der Waals surface area contributed by atoms with Crippen LogP contribution in [0.25, 0.3) is 0 Å². The highest BCUT2D eigenvalue weighted by atomic mass is 16.3. The molecule has 96 valence electrons. The second-order valence-electron chi connectivity index (χ2n) is 5.21. The maximum Gasteiger partial charge on any atom is 0.0625 e. The SMILES string of the molecule is CCCC(O)CCc1ccn(C2CCCC2)n1. The highest BCUT2D eigenvalue weighted by molar-refractivity contribution is 5.00. The van der Waals surface area contributed by atoms with Crippen molar-refractivity contribution in [1.82, 2.24) is 9.78 Å². The lowest BCUT2D eigenvalue weighted by molar-refractivity contribution is 0.153. The number of hydrogen-bond donors (Lipinski definition) is 1. The fourth-order valence-electron chi connectivity index (χ4n) is 2.67. The molecule has 0 spiro atoms. The van der Waals surface area contributed by atoms with Crippen molar-refractivity contribution in [2.75, 3.05) is 0 Å². The maximum atomic E-state index is 9.69. The average molecular weight is 236 g/mol. The first-order valence-corrected chi connectivity index (χ1v) is 7.01. The first-order valence-electron chi connectivity index (χ1n) is 7.01. The first kappa shape index (κ1) is 12.6. The summed E-state index contributed by atoms with van der Waals surface area (Å²) in [4.78, 5) is 0. The molecular weight excluding hydrogens is 212 g/mol. The van der Waals surface area contributed by atoms with Gasteiger partial charge in [0.2, 0.25) is 0 Å². The van der Waals surface area contributed by atoms with Crippen LogP contribution >= 0.6 is 0 Å². The van der Waals surface area contributed by atoms with Crippen molar-refractivity contribution in [1.29, 1.82) is 0 Å². The van der Waals surface area contributed by atoms with Gasteiger partial charge in [0.25, 0.3) is 0 Å². The molecule has 1 saturated carbocycles. The van der Waals surface area contributed by atoms with Crippen molar-refractivity contribution < 1.29 is 5.11 Å². The molecule has 2 rings (SSSR count). The number of rotatable bonds is 6. The van der Waals surface area contributed by atoms with Crippen LogP contribution in [0.1, 0.15) is 63.6 Å². The molecule has 1 aliphatic carbocycles. The lowest BCUT2D eigenvalue weighted by Gasteiger charge is -2.09. The monoisotopic (exact) mass is 236 g/mol. The van der Waals surface area contributed by atoms with Crippen LogP contribution in [0.4, 0.5) is 0 Å². The highest BCUT2D eigenvalue weighted by Crippen LogP contribution is 2.28. The molecule has 0 aromatic carbocycles. The predicted octanol–water partition coefficient (Wildman–Crippen LogP) is 3.09. The fourth-order valence-corrected chi connectivity index (χ4v) is 2.67. The van der Waals surface area contributed by atoms with Crippen LogP contribution in [-0.4, -0.2) is 21.0 Å². The van der Waals surface area contributed by atoms with E-state index in [1.165, 1.54) is 25.7 Å². The second kappa shape index (κ2) is 6.20. The molecule has 1 atom stereocenters. The van der Waals surface area contributed by atoms with Gasteiger partial charge in [0.05, 0.1) is 17.8 Å². The number of nitrogens with zero attached hydrogens (tertiary/aromatic N) is 2. The van der Waals surface area contributed by atoms with Crippen molar-refractivity contribution >= 4 is 0 Å².